The van der Waals surface area contributed by atoms with Crippen LogP contribution in [0.4, 0.5) is 0 Å². The van der Waals surface area contributed by atoms with Gasteiger partial charge >= 0.3 is 0 Å². The molecule has 1 heterocycles. The molecule has 27 heavy (non-hydrogen) atoms. The molecule has 3 nitrogen and oxygen atoms in total. The SMILES string of the molecule is CC(Sc1ccc(Cl)cc1)C(=O)NCc1ccc(CN2CCCCC2)cc1. The van der Waals surface area contributed by atoms with Crippen LogP contribution in [0.1, 0.15) is 37.3 Å². The van der Waals surface area contributed by atoms with E-state index in [-0.39, 0.29) is 11.2 Å². The number of amides is 1. The van der Waals surface area contributed by atoms with E-state index in [1.807, 2.05) is 31.2 Å². The standard InChI is InChI=1S/C22H27ClN2OS/c1-17(27-21-11-9-20(23)10-12-21)22(26)24-15-18-5-7-19(8-6-18)16-25-13-3-2-4-14-25/h5-12,17H,2-4,13-16H2,1H3,(H,24,26). The number of nitrogens with zero attached hydrogens (tertiary/aromatic N) is 1. The molecule has 144 valence electrons. The predicted octanol–water partition coefficient (Wildman–Crippen LogP) is 5.12. The van der Waals surface area contributed by atoms with Gasteiger partial charge in [0.25, 0.3) is 0 Å². The molecule has 0 bridgehead atoms. The van der Waals surface area contributed by atoms with Crippen molar-refractivity contribution in [2.45, 2.75) is 49.4 Å². The summed E-state index contributed by atoms with van der Waals surface area (Å²) in [4.78, 5) is 15.9. The summed E-state index contributed by atoms with van der Waals surface area (Å²) in [6.45, 7) is 5.94. The third-order valence-electron chi connectivity index (χ3n) is 4.84. The quantitative estimate of drug-likeness (QED) is 0.652. The van der Waals surface area contributed by atoms with Crippen molar-refractivity contribution >= 4 is 29.3 Å². The fourth-order valence-corrected chi connectivity index (χ4v) is 4.26. The zero-order chi connectivity index (χ0) is 19.1. The second-order valence-electron chi connectivity index (χ2n) is 7.09. The Labute approximate surface area is 171 Å². The van der Waals surface area contributed by atoms with Gasteiger partial charge in [-0.25, -0.2) is 0 Å². The van der Waals surface area contributed by atoms with Crippen LogP contribution in [-0.4, -0.2) is 29.1 Å². The molecule has 0 radical (unpaired) electrons. The van der Waals surface area contributed by atoms with Gasteiger partial charge in [-0.1, -0.05) is 42.3 Å². The molecule has 1 saturated heterocycles. The summed E-state index contributed by atoms with van der Waals surface area (Å²) in [5.74, 6) is 0.0485. The topological polar surface area (TPSA) is 32.3 Å². The highest BCUT2D eigenvalue weighted by atomic mass is 35.5. The van der Waals surface area contributed by atoms with Crippen molar-refractivity contribution in [2.24, 2.45) is 0 Å². The maximum atomic E-state index is 12.4. The highest BCUT2D eigenvalue weighted by Gasteiger charge is 2.14. The van der Waals surface area contributed by atoms with Gasteiger partial charge in [-0.2, -0.15) is 0 Å². The summed E-state index contributed by atoms with van der Waals surface area (Å²) in [6, 6.07) is 16.2. The minimum atomic E-state index is -0.149. The fraction of sp³-hybridized carbons (Fsp3) is 0.409. The smallest absolute Gasteiger partial charge is 0.233 e. The monoisotopic (exact) mass is 402 g/mol. The number of carbonyl (C=O) groups excluding carboxylic acids is 1. The Morgan fingerprint density at radius 1 is 1.04 bits per heavy atom. The second kappa shape index (κ2) is 10.2. The van der Waals surface area contributed by atoms with Crippen LogP contribution in [0.3, 0.4) is 0 Å². The number of nitrogens with one attached hydrogen (secondary N) is 1. The first-order valence-corrected chi connectivity index (χ1v) is 10.9. The molecule has 1 unspecified atom stereocenters. The number of hydrogen-bond acceptors (Lipinski definition) is 3. The molecule has 1 aliphatic heterocycles. The van der Waals surface area contributed by atoms with Gasteiger partial charge in [0.2, 0.25) is 5.91 Å². The molecule has 0 aliphatic carbocycles. The van der Waals surface area contributed by atoms with Gasteiger partial charge in [-0.15, -0.1) is 11.8 Å². The molecular weight excluding hydrogens is 376 g/mol. The van der Waals surface area contributed by atoms with Crippen molar-refractivity contribution in [3.63, 3.8) is 0 Å². The molecule has 1 N–H and O–H groups in total. The molecule has 1 fully saturated rings. The first-order valence-electron chi connectivity index (χ1n) is 9.60. The lowest BCUT2D eigenvalue weighted by molar-refractivity contribution is -0.120. The largest absolute Gasteiger partial charge is 0.351 e. The van der Waals surface area contributed by atoms with E-state index in [0.717, 1.165) is 17.0 Å². The van der Waals surface area contributed by atoms with Gasteiger partial charge in [-0.3, -0.25) is 9.69 Å². The third kappa shape index (κ3) is 6.56. The lowest BCUT2D eigenvalue weighted by Gasteiger charge is -2.26. The summed E-state index contributed by atoms with van der Waals surface area (Å²) in [5.41, 5.74) is 2.48. The Morgan fingerprint density at radius 2 is 1.67 bits per heavy atom. The molecule has 0 spiro atoms. The van der Waals surface area contributed by atoms with E-state index in [9.17, 15) is 4.79 Å². The Hall–Kier alpha value is -1.49. The minimum Gasteiger partial charge on any atom is -0.351 e. The number of likely N-dealkylation sites (tertiary alicyclic amines) is 1. The van der Waals surface area contributed by atoms with Gasteiger partial charge in [0.1, 0.15) is 0 Å². The molecule has 2 aromatic carbocycles. The molecule has 0 aromatic heterocycles. The van der Waals surface area contributed by atoms with Crippen LogP contribution >= 0.6 is 23.4 Å². The minimum absolute atomic E-state index is 0.0485. The van der Waals surface area contributed by atoms with Gasteiger partial charge in [0.05, 0.1) is 5.25 Å². The zero-order valence-corrected chi connectivity index (χ0v) is 17.4. The highest BCUT2D eigenvalue weighted by Crippen LogP contribution is 2.24. The first-order chi connectivity index (χ1) is 13.1. The Balaban J connectivity index is 1.44. The van der Waals surface area contributed by atoms with Gasteiger partial charge in [0.15, 0.2) is 0 Å². The maximum Gasteiger partial charge on any atom is 0.233 e. The number of rotatable bonds is 7. The van der Waals surface area contributed by atoms with Crippen molar-refractivity contribution < 1.29 is 4.79 Å². The van der Waals surface area contributed by atoms with Crippen LogP contribution in [0.5, 0.6) is 0 Å². The molecule has 1 aliphatic rings. The van der Waals surface area contributed by atoms with Crippen LogP contribution in [-0.2, 0) is 17.9 Å². The average molecular weight is 403 g/mol. The number of carbonyl (C=O) groups is 1. The molecular formula is C22H27ClN2OS. The fourth-order valence-electron chi connectivity index (χ4n) is 3.24. The summed E-state index contributed by atoms with van der Waals surface area (Å²) in [6.07, 6.45) is 4.00. The van der Waals surface area contributed by atoms with Crippen molar-refractivity contribution in [3.05, 3.63) is 64.7 Å². The van der Waals surface area contributed by atoms with Crippen LogP contribution in [0.25, 0.3) is 0 Å². The van der Waals surface area contributed by atoms with Crippen molar-refractivity contribution in [2.75, 3.05) is 13.1 Å². The Bertz CT molecular complexity index is 727. The lowest BCUT2D eigenvalue weighted by atomic mass is 10.1. The molecule has 1 amide bonds. The van der Waals surface area contributed by atoms with Crippen LogP contribution in [0.2, 0.25) is 5.02 Å². The zero-order valence-electron chi connectivity index (χ0n) is 15.8. The van der Waals surface area contributed by atoms with Crippen LogP contribution < -0.4 is 5.32 Å². The number of halogens is 1. The van der Waals surface area contributed by atoms with Crippen molar-refractivity contribution in [1.82, 2.24) is 10.2 Å². The average Bonchev–Trinajstić information content (AvgIpc) is 2.69. The Kier molecular flexibility index (Phi) is 7.62. The maximum absolute atomic E-state index is 12.4. The Morgan fingerprint density at radius 3 is 2.33 bits per heavy atom. The van der Waals surface area contributed by atoms with E-state index in [2.05, 4.69) is 34.5 Å². The van der Waals surface area contributed by atoms with E-state index in [1.54, 1.807) is 11.8 Å². The molecule has 5 heteroatoms. The number of hydrogen-bond donors (Lipinski definition) is 1. The van der Waals surface area contributed by atoms with E-state index < -0.39 is 0 Å². The van der Waals surface area contributed by atoms with Crippen LogP contribution in [0.15, 0.2) is 53.4 Å². The summed E-state index contributed by atoms with van der Waals surface area (Å²) >= 11 is 7.44. The first kappa shape index (κ1) is 20.2. The number of thioether (sulfide) groups is 1. The van der Waals surface area contributed by atoms with Gasteiger partial charge in [0, 0.05) is 23.0 Å². The highest BCUT2D eigenvalue weighted by molar-refractivity contribution is 8.00. The second-order valence-corrected chi connectivity index (χ2v) is 8.94. The molecule has 1 atom stereocenters. The molecule has 2 aromatic rings. The summed E-state index contributed by atoms with van der Waals surface area (Å²) < 4.78 is 0. The van der Waals surface area contributed by atoms with Crippen molar-refractivity contribution in [3.8, 4) is 0 Å². The van der Waals surface area contributed by atoms with E-state index in [4.69, 9.17) is 11.6 Å². The molecule has 3 rings (SSSR count). The van der Waals surface area contributed by atoms with Crippen molar-refractivity contribution in [1.29, 1.82) is 0 Å². The lowest BCUT2D eigenvalue weighted by Crippen LogP contribution is -2.30. The normalized spacial score (nSPS) is 16.1. The van der Waals surface area contributed by atoms with E-state index in [1.165, 1.54) is 37.9 Å². The van der Waals surface area contributed by atoms with Crippen LogP contribution in [0, 0.1) is 0 Å². The third-order valence-corrected chi connectivity index (χ3v) is 6.20. The van der Waals surface area contributed by atoms with Gasteiger partial charge in [-0.05, 0) is 68.2 Å². The van der Waals surface area contributed by atoms with E-state index in [0.29, 0.717) is 11.6 Å². The molecule has 0 saturated carbocycles. The predicted molar refractivity (Wildman–Crippen MR) is 114 cm³/mol. The summed E-state index contributed by atoms with van der Waals surface area (Å²) in [7, 11) is 0. The van der Waals surface area contributed by atoms with E-state index >= 15 is 0 Å². The summed E-state index contributed by atoms with van der Waals surface area (Å²) in [5, 5.41) is 3.59. The van der Waals surface area contributed by atoms with Gasteiger partial charge < -0.3 is 5.32 Å². The number of benzene rings is 2. The number of piperidine rings is 1.